The van der Waals surface area contributed by atoms with Gasteiger partial charge in [0.2, 0.25) is 0 Å². The van der Waals surface area contributed by atoms with Crippen molar-refractivity contribution in [1.29, 1.82) is 0 Å². The fraction of sp³-hybridized carbons (Fsp3) is 0.600. The minimum atomic E-state index is -0.214. The van der Waals surface area contributed by atoms with E-state index < -0.39 is 0 Å². The largest absolute Gasteiger partial charge is 0.450 e. The van der Waals surface area contributed by atoms with Crippen LogP contribution in [0, 0.1) is 0 Å². The molecule has 2 rings (SSSR count). The lowest BCUT2D eigenvalue weighted by Gasteiger charge is -2.35. The Hall–Kier alpha value is -1.98. The number of hydrogen-bond acceptors (Lipinski definition) is 5. The van der Waals surface area contributed by atoms with Crippen molar-refractivity contribution in [1.82, 2.24) is 9.88 Å². The Kier molecular flexibility index (Phi) is 5.66. The number of rotatable bonds is 5. The summed E-state index contributed by atoms with van der Waals surface area (Å²) >= 11 is 0. The van der Waals surface area contributed by atoms with Crippen LogP contribution in [0.15, 0.2) is 18.5 Å². The number of aromatic nitrogens is 1. The lowest BCUT2D eigenvalue weighted by molar-refractivity contribution is 0.105. The van der Waals surface area contributed by atoms with Crippen LogP contribution in [-0.2, 0) is 4.74 Å². The molecule has 21 heavy (non-hydrogen) atoms. The van der Waals surface area contributed by atoms with Crippen molar-refractivity contribution >= 4 is 17.5 Å². The number of pyridine rings is 1. The topological polar surface area (TPSA) is 57.7 Å². The minimum Gasteiger partial charge on any atom is -0.450 e. The van der Waals surface area contributed by atoms with Crippen molar-refractivity contribution in [3.8, 4) is 0 Å². The third-order valence-corrected chi connectivity index (χ3v) is 3.47. The summed E-state index contributed by atoms with van der Waals surface area (Å²) in [6.07, 6.45) is 4.58. The third kappa shape index (κ3) is 4.24. The monoisotopic (exact) mass is 292 g/mol. The summed E-state index contributed by atoms with van der Waals surface area (Å²) < 4.78 is 5.03. The van der Waals surface area contributed by atoms with E-state index in [4.69, 9.17) is 4.74 Å². The summed E-state index contributed by atoms with van der Waals surface area (Å²) in [6, 6.07) is 2.11. The van der Waals surface area contributed by atoms with Crippen LogP contribution >= 0.6 is 0 Å². The highest BCUT2D eigenvalue weighted by Crippen LogP contribution is 2.19. The van der Waals surface area contributed by atoms with Crippen molar-refractivity contribution < 1.29 is 9.53 Å². The summed E-state index contributed by atoms with van der Waals surface area (Å²) in [6.45, 7) is 8.32. The van der Waals surface area contributed by atoms with Crippen molar-refractivity contribution in [3.63, 3.8) is 0 Å². The normalized spacial score (nSPS) is 15.0. The molecule has 1 aliphatic heterocycles. The second-order valence-corrected chi connectivity index (χ2v) is 5.03. The zero-order chi connectivity index (χ0) is 15.1. The molecule has 6 heteroatoms. The molecule has 1 aliphatic rings. The van der Waals surface area contributed by atoms with Gasteiger partial charge in [-0.15, -0.1) is 0 Å². The highest BCUT2D eigenvalue weighted by molar-refractivity contribution is 5.68. The molecule has 1 fully saturated rings. The molecule has 1 amide bonds. The van der Waals surface area contributed by atoms with E-state index in [9.17, 15) is 4.79 Å². The van der Waals surface area contributed by atoms with Crippen LogP contribution in [0.5, 0.6) is 0 Å². The van der Waals surface area contributed by atoms with Gasteiger partial charge in [0.25, 0.3) is 0 Å². The van der Waals surface area contributed by atoms with Gasteiger partial charge in [-0.05, 0) is 19.4 Å². The van der Waals surface area contributed by atoms with Crippen molar-refractivity contribution in [2.45, 2.75) is 20.3 Å². The molecule has 1 N–H and O–H groups in total. The maximum Gasteiger partial charge on any atom is 0.409 e. The molecular formula is C15H24N4O2. The van der Waals surface area contributed by atoms with Crippen LogP contribution in [-0.4, -0.2) is 55.3 Å². The molecule has 2 heterocycles. The maximum absolute atomic E-state index is 11.7. The lowest BCUT2D eigenvalue weighted by Crippen LogP contribution is -2.49. The van der Waals surface area contributed by atoms with E-state index in [1.165, 1.54) is 0 Å². The number of hydrogen-bond donors (Lipinski definition) is 1. The van der Waals surface area contributed by atoms with Gasteiger partial charge in [-0.2, -0.15) is 0 Å². The Morgan fingerprint density at radius 2 is 2.05 bits per heavy atom. The van der Waals surface area contributed by atoms with Gasteiger partial charge in [0, 0.05) is 32.7 Å². The molecule has 1 aromatic heterocycles. The van der Waals surface area contributed by atoms with Gasteiger partial charge in [-0.25, -0.2) is 4.79 Å². The van der Waals surface area contributed by atoms with Crippen LogP contribution < -0.4 is 10.2 Å². The zero-order valence-corrected chi connectivity index (χ0v) is 12.8. The van der Waals surface area contributed by atoms with E-state index in [2.05, 4.69) is 28.2 Å². The molecule has 0 spiro atoms. The van der Waals surface area contributed by atoms with Gasteiger partial charge in [-0.3, -0.25) is 4.98 Å². The van der Waals surface area contributed by atoms with Crippen molar-refractivity contribution in [2.75, 3.05) is 49.5 Å². The summed E-state index contributed by atoms with van der Waals surface area (Å²) in [5, 5.41) is 3.34. The zero-order valence-electron chi connectivity index (χ0n) is 12.8. The van der Waals surface area contributed by atoms with Crippen molar-refractivity contribution in [2.24, 2.45) is 0 Å². The highest BCUT2D eigenvalue weighted by atomic mass is 16.6. The fourth-order valence-corrected chi connectivity index (χ4v) is 2.33. The molecular weight excluding hydrogens is 268 g/mol. The first-order valence-corrected chi connectivity index (χ1v) is 7.60. The fourth-order valence-electron chi connectivity index (χ4n) is 2.33. The molecule has 6 nitrogen and oxygen atoms in total. The number of carbonyl (C=O) groups is 1. The first-order chi connectivity index (χ1) is 10.2. The van der Waals surface area contributed by atoms with E-state index >= 15 is 0 Å². The van der Waals surface area contributed by atoms with Gasteiger partial charge in [0.15, 0.2) is 0 Å². The SMILES string of the molecule is CCCNc1cncc(N2CCN(C(=O)OCC)CC2)c1. The van der Waals surface area contributed by atoms with Gasteiger partial charge in [0.05, 0.1) is 30.4 Å². The first kappa shape index (κ1) is 15.4. The van der Waals surface area contributed by atoms with Crippen molar-refractivity contribution in [3.05, 3.63) is 18.5 Å². The van der Waals surface area contributed by atoms with Crippen LogP contribution in [0.4, 0.5) is 16.2 Å². The number of piperazine rings is 1. The van der Waals surface area contributed by atoms with E-state index in [0.29, 0.717) is 19.7 Å². The quantitative estimate of drug-likeness (QED) is 0.901. The average Bonchev–Trinajstić information content (AvgIpc) is 2.53. The number of carbonyl (C=O) groups excluding carboxylic acids is 1. The average molecular weight is 292 g/mol. The van der Waals surface area contributed by atoms with Gasteiger partial charge < -0.3 is 19.9 Å². The van der Waals surface area contributed by atoms with Crippen LogP contribution in [0.25, 0.3) is 0 Å². The molecule has 0 aromatic carbocycles. The number of ether oxygens (including phenoxy) is 1. The standard InChI is InChI=1S/C15H24N4O2/c1-3-5-17-13-10-14(12-16-11-13)18-6-8-19(9-7-18)15(20)21-4-2/h10-12,17H,3-9H2,1-2H3. The Bertz CT molecular complexity index is 459. The Morgan fingerprint density at radius 3 is 2.71 bits per heavy atom. The predicted molar refractivity (Wildman–Crippen MR) is 83.8 cm³/mol. The minimum absolute atomic E-state index is 0.214. The number of nitrogens with one attached hydrogen (secondary N) is 1. The first-order valence-electron chi connectivity index (χ1n) is 7.60. The molecule has 0 bridgehead atoms. The van der Waals surface area contributed by atoms with E-state index in [1.54, 1.807) is 4.90 Å². The summed E-state index contributed by atoms with van der Waals surface area (Å²) in [4.78, 5) is 20.0. The van der Waals surface area contributed by atoms with Gasteiger partial charge >= 0.3 is 6.09 Å². The predicted octanol–water partition coefficient (Wildman–Crippen LogP) is 2.18. The van der Waals surface area contributed by atoms with Gasteiger partial charge in [0.1, 0.15) is 0 Å². The molecule has 0 radical (unpaired) electrons. The summed E-state index contributed by atoms with van der Waals surface area (Å²) in [5.74, 6) is 0. The van der Waals surface area contributed by atoms with Crippen LogP contribution in [0.1, 0.15) is 20.3 Å². The molecule has 116 valence electrons. The number of anilines is 2. The molecule has 1 saturated heterocycles. The van der Waals surface area contributed by atoms with E-state index in [-0.39, 0.29) is 6.09 Å². The summed E-state index contributed by atoms with van der Waals surface area (Å²) in [7, 11) is 0. The second kappa shape index (κ2) is 7.71. The maximum atomic E-state index is 11.7. The molecule has 0 unspecified atom stereocenters. The van der Waals surface area contributed by atoms with E-state index in [1.807, 2.05) is 19.3 Å². The van der Waals surface area contributed by atoms with E-state index in [0.717, 1.165) is 37.4 Å². The van der Waals surface area contributed by atoms with Gasteiger partial charge in [-0.1, -0.05) is 6.92 Å². The number of amides is 1. The molecule has 0 atom stereocenters. The Labute approximate surface area is 126 Å². The third-order valence-electron chi connectivity index (χ3n) is 3.47. The Balaban J connectivity index is 1.91. The molecule has 0 aliphatic carbocycles. The lowest BCUT2D eigenvalue weighted by atomic mass is 10.2. The molecule has 0 saturated carbocycles. The second-order valence-electron chi connectivity index (χ2n) is 5.03. The Morgan fingerprint density at radius 1 is 1.29 bits per heavy atom. The highest BCUT2D eigenvalue weighted by Gasteiger charge is 2.22. The summed E-state index contributed by atoms with van der Waals surface area (Å²) in [5.41, 5.74) is 2.14. The molecule has 1 aromatic rings. The van der Waals surface area contributed by atoms with Crippen LogP contribution in [0.3, 0.4) is 0 Å². The van der Waals surface area contributed by atoms with Crippen LogP contribution in [0.2, 0.25) is 0 Å². The number of nitrogens with zero attached hydrogens (tertiary/aromatic N) is 3. The smallest absolute Gasteiger partial charge is 0.409 e.